The lowest BCUT2D eigenvalue weighted by molar-refractivity contribution is -0.383. The Morgan fingerprint density at radius 3 is 2.43 bits per heavy atom. The predicted molar refractivity (Wildman–Crippen MR) is 74.7 cm³/mol. The zero-order valence-electron chi connectivity index (χ0n) is 10.7. The summed E-state index contributed by atoms with van der Waals surface area (Å²) < 4.78 is 31.3. The van der Waals surface area contributed by atoms with Crippen molar-refractivity contribution < 1.29 is 22.7 Å². The van der Waals surface area contributed by atoms with Gasteiger partial charge in [0.05, 0.1) is 15.2 Å². The van der Waals surface area contributed by atoms with E-state index < -0.39 is 19.9 Å². The fourth-order valence-electron chi connectivity index (χ4n) is 1.93. The molecule has 0 aliphatic rings. The highest BCUT2D eigenvalue weighted by atomic mass is 32.2. The van der Waals surface area contributed by atoms with Crippen LogP contribution < -0.4 is 5.32 Å². The molecule has 0 aliphatic carbocycles. The molecule has 8 nitrogen and oxygen atoms in total. The highest BCUT2D eigenvalue weighted by Crippen LogP contribution is 2.33. The molecule has 2 aromatic rings. The van der Waals surface area contributed by atoms with Gasteiger partial charge in [0.2, 0.25) is 5.91 Å². The highest BCUT2D eigenvalue weighted by Gasteiger charge is 2.18. The van der Waals surface area contributed by atoms with Gasteiger partial charge in [-0.3, -0.25) is 19.5 Å². The first kappa shape index (κ1) is 14.9. The zero-order valence-corrected chi connectivity index (χ0v) is 11.5. The molecule has 2 N–H and O–H groups in total. The van der Waals surface area contributed by atoms with Crippen molar-refractivity contribution in [3.63, 3.8) is 0 Å². The van der Waals surface area contributed by atoms with E-state index in [9.17, 15) is 23.3 Å². The quantitative estimate of drug-likeness (QED) is 0.507. The van der Waals surface area contributed by atoms with Gasteiger partial charge in [-0.15, -0.1) is 0 Å². The standard InChI is InChI=1S/C12H10N2O6S/c1-7(15)13-11-4-5-12(14(16)17)10-6-8(21(18,19)20)2-3-9(10)11/h2-6H,1H3,(H,13,15)(H,18,19,20). The molecule has 0 atom stereocenters. The number of non-ortho nitro benzene ring substituents is 1. The number of nitrogens with one attached hydrogen (secondary N) is 1. The second kappa shape index (κ2) is 5.11. The summed E-state index contributed by atoms with van der Waals surface area (Å²) in [6.45, 7) is 1.28. The number of carbonyl (C=O) groups is 1. The summed E-state index contributed by atoms with van der Waals surface area (Å²) in [7, 11) is -4.48. The average Bonchev–Trinajstić information content (AvgIpc) is 2.36. The molecule has 0 bridgehead atoms. The Labute approximate surface area is 119 Å². The maximum Gasteiger partial charge on any atom is 0.294 e. The van der Waals surface area contributed by atoms with E-state index in [4.69, 9.17) is 4.55 Å². The molecule has 1 amide bonds. The van der Waals surface area contributed by atoms with Gasteiger partial charge in [-0.2, -0.15) is 8.42 Å². The van der Waals surface area contributed by atoms with Crippen molar-refractivity contribution in [2.24, 2.45) is 0 Å². The summed E-state index contributed by atoms with van der Waals surface area (Å²) >= 11 is 0. The van der Waals surface area contributed by atoms with E-state index >= 15 is 0 Å². The van der Waals surface area contributed by atoms with Gasteiger partial charge in [0, 0.05) is 24.1 Å². The molecule has 0 radical (unpaired) electrons. The van der Waals surface area contributed by atoms with Crippen molar-refractivity contribution in [3.05, 3.63) is 40.4 Å². The predicted octanol–water partition coefficient (Wildman–Crippen LogP) is 1.95. The fourth-order valence-corrected chi connectivity index (χ4v) is 2.44. The summed E-state index contributed by atoms with van der Waals surface area (Å²) in [5.74, 6) is -0.371. The molecule has 9 heteroatoms. The Balaban J connectivity index is 2.82. The third-order valence-electron chi connectivity index (χ3n) is 2.77. The number of nitro benzene ring substituents is 1. The zero-order chi connectivity index (χ0) is 15.8. The van der Waals surface area contributed by atoms with Crippen LogP contribution in [-0.4, -0.2) is 23.8 Å². The van der Waals surface area contributed by atoms with E-state index in [0.717, 1.165) is 18.2 Å². The molecule has 0 unspecified atom stereocenters. The molecule has 0 saturated heterocycles. The number of benzene rings is 2. The molecule has 2 aromatic carbocycles. The number of fused-ring (bicyclic) bond motifs is 1. The SMILES string of the molecule is CC(=O)Nc1ccc([N+](=O)[O-])c2cc(S(=O)(=O)O)ccc12. The van der Waals surface area contributed by atoms with Gasteiger partial charge in [-0.05, 0) is 18.2 Å². The minimum absolute atomic E-state index is 0.00127. The lowest BCUT2D eigenvalue weighted by Crippen LogP contribution is -2.07. The molecule has 0 saturated carbocycles. The Morgan fingerprint density at radius 1 is 1.24 bits per heavy atom. The van der Waals surface area contributed by atoms with Gasteiger partial charge < -0.3 is 5.32 Å². The highest BCUT2D eigenvalue weighted by molar-refractivity contribution is 7.85. The smallest absolute Gasteiger partial charge is 0.294 e. The average molecular weight is 310 g/mol. The summed E-state index contributed by atoms with van der Waals surface area (Å²) in [6.07, 6.45) is 0. The number of hydrogen-bond acceptors (Lipinski definition) is 5. The number of anilines is 1. The van der Waals surface area contributed by atoms with Gasteiger partial charge in [-0.1, -0.05) is 6.07 Å². The number of amides is 1. The molecule has 2 rings (SSSR count). The van der Waals surface area contributed by atoms with E-state index in [0.29, 0.717) is 11.1 Å². The number of nitro groups is 1. The third kappa shape index (κ3) is 2.98. The summed E-state index contributed by atoms with van der Waals surface area (Å²) in [4.78, 5) is 21.0. The lowest BCUT2D eigenvalue weighted by atomic mass is 10.1. The Kier molecular flexibility index (Phi) is 3.62. The molecule has 21 heavy (non-hydrogen) atoms. The van der Waals surface area contributed by atoms with E-state index in [2.05, 4.69) is 5.32 Å². The van der Waals surface area contributed by atoms with Gasteiger partial charge in [-0.25, -0.2) is 0 Å². The van der Waals surface area contributed by atoms with Crippen LogP contribution in [0, 0.1) is 10.1 Å². The van der Waals surface area contributed by atoms with Crippen LogP contribution in [0.25, 0.3) is 10.8 Å². The number of rotatable bonds is 3. The maximum absolute atomic E-state index is 11.1. The molecule has 110 valence electrons. The van der Waals surface area contributed by atoms with Crippen molar-refractivity contribution in [2.45, 2.75) is 11.8 Å². The van der Waals surface area contributed by atoms with Crippen LogP contribution in [0.3, 0.4) is 0 Å². The first-order valence-electron chi connectivity index (χ1n) is 5.66. The number of carbonyl (C=O) groups excluding carboxylic acids is 1. The molecule has 0 aliphatic heterocycles. The van der Waals surface area contributed by atoms with Crippen molar-refractivity contribution in [3.8, 4) is 0 Å². The fraction of sp³-hybridized carbons (Fsp3) is 0.0833. The Morgan fingerprint density at radius 2 is 1.90 bits per heavy atom. The topological polar surface area (TPSA) is 127 Å². The minimum Gasteiger partial charge on any atom is -0.326 e. The second-order valence-corrected chi connectivity index (χ2v) is 5.67. The van der Waals surface area contributed by atoms with Crippen LogP contribution in [0.4, 0.5) is 11.4 Å². The monoisotopic (exact) mass is 310 g/mol. The van der Waals surface area contributed by atoms with Crippen molar-refractivity contribution in [1.82, 2.24) is 0 Å². The van der Waals surface area contributed by atoms with Crippen molar-refractivity contribution in [1.29, 1.82) is 0 Å². The van der Waals surface area contributed by atoms with E-state index in [1.165, 1.54) is 19.1 Å². The number of nitrogens with zero attached hydrogens (tertiary/aromatic N) is 1. The maximum atomic E-state index is 11.1. The largest absolute Gasteiger partial charge is 0.326 e. The van der Waals surface area contributed by atoms with E-state index in [1.54, 1.807) is 0 Å². The van der Waals surface area contributed by atoms with Crippen LogP contribution in [-0.2, 0) is 14.9 Å². The van der Waals surface area contributed by atoms with Crippen LogP contribution in [0.2, 0.25) is 0 Å². The van der Waals surface area contributed by atoms with Crippen LogP contribution in [0.1, 0.15) is 6.92 Å². The minimum atomic E-state index is -4.48. The van der Waals surface area contributed by atoms with Crippen LogP contribution in [0.5, 0.6) is 0 Å². The van der Waals surface area contributed by atoms with Crippen LogP contribution in [0.15, 0.2) is 35.2 Å². The molecule has 0 aromatic heterocycles. The summed E-state index contributed by atoms with van der Waals surface area (Å²) in [5.41, 5.74) is -0.0189. The normalized spacial score (nSPS) is 11.3. The van der Waals surface area contributed by atoms with Gasteiger partial charge in [0.25, 0.3) is 15.8 Å². The first-order valence-corrected chi connectivity index (χ1v) is 7.10. The summed E-state index contributed by atoms with van der Waals surface area (Å²) in [6, 6.07) is 5.90. The van der Waals surface area contributed by atoms with Crippen molar-refractivity contribution >= 4 is 38.2 Å². The summed E-state index contributed by atoms with van der Waals surface area (Å²) in [5, 5.41) is 13.8. The Hall–Kier alpha value is -2.52. The van der Waals surface area contributed by atoms with Crippen molar-refractivity contribution in [2.75, 3.05) is 5.32 Å². The molecular weight excluding hydrogens is 300 g/mol. The van der Waals surface area contributed by atoms with E-state index in [1.807, 2.05) is 0 Å². The lowest BCUT2D eigenvalue weighted by Gasteiger charge is -2.08. The van der Waals surface area contributed by atoms with Crippen LogP contribution >= 0.6 is 0 Å². The van der Waals surface area contributed by atoms with Gasteiger partial charge in [0.1, 0.15) is 0 Å². The third-order valence-corrected chi connectivity index (χ3v) is 3.62. The molecule has 0 heterocycles. The van der Waals surface area contributed by atoms with Gasteiger partial charge >= 0.3 is 0 Å². The molecular formula is C12H10N2O6S. The van der Waals surface area contributed by atoms with E-state index in [-0.39, 0.29) is 17.0 Å². The molecule has 0 spiro atoms. The molecule has 0 fully saturated rings. The van der Waals surface area contributed by atoms with Gasteiger partial charge in [0.15, 0.2) is 0 Å². The Bertz CT molecular complexity index is 859. The first-order chi connectivity index (χ1) is 9.70. The second-order valence-electron chi connectivity index (χ2n) is 4.25. The number of hydrogen-bond donors (Lipinski definition) is 2.